The van der Waals surface area contributed by atoms with E-state index in [4.69, 9.17) is 15.2 Å². The third-order valence-electron chi connectivity index (χ3n) is 4.77. The second-order valence-electron chi connectivity index (χ2n) is 6.16. The maximum Gasteiger partial charge on any atom is 0.326 e. The summed E-state index contributed by atoms with van der Waals surface area (Å²) in [5.41, 5.74) is 5.51. The van der Waals surface area contributed by atoms with Gasteiger partial charge in [0.1, 0.15) is 5.54 Å². The fourth-order valence-corrected chi connectivity index (χ4v) is 3.06. The van der Waals surface area contributed by atoms with Crippen LogP contribution in [0.25, 0.3) is 0 Å². The van der Waals surface area contributed by atoms with Gasteiger partial charge in [0.25, 0.3) is 0 Å². The molecule has 2 aliphatic rings. The van der Waals surface area contributed by atoms with Crippen molar-refractivity contribution in [1.29, 1.82) is 0 Å². The predicted molar refractivity (Wildman–Crippen MR) is 73.7 cm³/mol. The van der Waals surface area contributed by atoms with Gasteiger partial charge >= 0.3 is 5.97 Å². The van der Waals surface area contributed by atoms with E-state index in [1.54, 1.807) is 0 Å². The average Bonchev–Trinajstić information content (AvgIpc) is 2.46. The molecule has 0 radical (unpaired) electrons. The van der Waals surface area contributed by atoms with Crippen molar-refractivity contribution in [3.8, 4) is 0 Å². The zero-order chi connectivity index (χ0) is 13.7. The molecule has 4 nitrogen and oxygen atoms in total. The first-order valence-corrected chi connectivity index (χ1v) is 7.68. The van der Waals surface area contributed by atoms with Gasteiger partial charge in [0, 0.05) is 13.2 Å². The standard InChI is InChI=1S/C15H27NO3/c1-2-12-3-7-15(16,8-4-12)14(17)19-11-13-5-9-18-10-6-13/h12-13H,2-11,16H2,1H3. The highest BCUT2D eigenvalue weighted by Crippen LogP contribution is 2.33. The Labute approximate surface area is 116 Å². The van der Waals surface area contributed by atoms with Crippen LogP contribution in [0.15, 0.2) is 0 Å². The summed E-state index contributed by atoms with van der Waals surface area (Å²) in [4.78, 5) is 12.2. The second-order valence-corrected chi connectivity index (χ2v) is 6.16. The van der Waals surface area contributed by atoms with Crippen LogP contribution in [0.5, 0.6) is 0 Å². The van der Waals surface area contributed by atoms with E-state index in [0.29, 0.717) is 12.5 Å². The highest BCUT2D eigenvalue weighted by molar-refractivity contribution is 5.80. The lowest BCUT2D eigenvalue weighted by Gasteiger charge is -2.35. The number of carbonyl (C=O) groups is 1. The van der Waals surface area contributed by atoms with Crippen LogP contribution in [-0.2, 0) is 14.3 Å². The van der Waals surface area contributed by atoms with Crippen LogP contribution in [0.3, 0.4) is 0 Å². The van der Waals surface area contributed by atoms with Crippen molar-refractivity contribution in [1.82, 2.24) is 0 Å². The summed E-state index contributed by atoms with van der Waals surface area (Å²) in [6, 6.07) is 0. The van der Waals surface area contributed by atoms with Crippen molar-refractivity contribution in [2.24, 2.45) is 17.6 Å². The van der Waals surface area contributed by atoms with Gasteiger partial charge in [0.05, 0.1) is 6.61 Å². The van der Waals surface area contributed by atoms with Gasteiger partial charge in [-0.2, -0.15) is 0 Å². The zero-order valence-electron chi connectivity index (χ0n) is 12.0. The Hall–Kier alpha value is -0.610. The van der Waals surface area contributed by atoms with E-state index in [0.717, 1.165) is 57.7 Å². The summed E-state index contributed by atoms with van der Waals surface area (Å²) >= 11 is 0. The Balaban J connectivity index is 1.75. The van der Waals surface area contributed by atoms with Gasteiger partial charge < -0.3 is 15.2 Å². The normalized spacial score (nSPS) is 33.1. The van der Waals surface area contributed by atoms with Crippen molar-refractivity contribution >= 4 is 5.97 Å². The highest BCUT2D eigenvalue weighted by atomic mass is 16.5. The third kappa shape index (κ3) is 3.93. The Kier molecular flexibility index (Phi) is 5.22. The van der Waals surface area contributed by atoms with Gasteiger partial charge in [-0.05, 0) is 50.4 Å². The Morgan fingerprint density at radius 3 is 2.42 bits per heavy atom. The summed E-state index contributed by atoms with van der Waals surface area (Å²) in [5, 5.41) is 0. The lowest BCUT2D eigenvalue weighted by Crippen LogP contribution is -2.51. The molecule has 1 aliphatic heterocycles. The molecular formula is C15H27NO3. The molecule has 19 heavy (non-hydrogen) atoms. The number of hydrogen-bond donors (Lipinski definition) is 1. The van der Waals surface area contributed by atoms with Crippen molar-refractivity contribution in [3.63, 3.8) is 0 Å². The van der Waals surface area contributed by atoms with Gasteiger partial charge in [-0.15, -0.1) is 0 Å². The molecule has 4 heteroatoms. The van der Waals surface area contributed by atoms with Gasteiger partial charge in [0.2, 0.25) is 0 Å². The Bertz CT molecular complexity index is 292. The Morgan fingerprint density at radius 1 is 1.21 bits per heavy atom. The van der Waals surface area contributed by atoms with E-state index >= 15 is 0 Å². The number of hydrogen-bond acceptors (Lipinski definition) is 4. The summed E-state index contributed by atoms with van der Waals surface area (Å²) in [7, 11) is 0. The van der Waals surface area contributed by atoms with E-state index in [9.17, 15) is 4.79 Å². The summed E-state index contributed by atoms with van der Waals surface area (Å²) in [6.07, 6.45) is 6.83. The van der Waals surface area contributed by atoms with E-state index < -0.39 is 5.54 Å². The van der Waals surface area contributed by atoms with Crippen molar-refractivity contribution in [3.05, 3.63) is 0 Å². The van der Waals surface area contributed by atoms with Gasteiger partial charge in [-0.3, -0.25) is 4.79 Å². The number of carbonyl (C=O) groups excluding carboxylic acids is 1. The molecule has 0 amide bonds. The predicted octanol–water partition coefficient (Wildman–Crippen LogP) is 2.25. The molecule has 1 saturated heterocycles. The number of esters is 1. The molecule has 0 aromatic carbocycles. The fraction of sp³-hybridized carbons (Fsp3) is 0.933. The first-order valence-electron chi connectivity index (χ1n) is 7.68. The largest absolute Gasteiger partial charge is 0.464 e. The first kappa shape index (κ1) is 14.8. The highest BCUT2D eigenvalue weighted by Gasteiger charge is 2.39. The number of ether oxygens (including phenoxy) is 2. The molecule has 0 atom stereocenters. The van der Waals surface area contributed by atoms with E-state index in [1.807, 2.05) is 0 Å². The maximum absolute atomic E-state index is 12.2. The van der Waals surface area contributed by atoms with Crippen molar-refractivity contribution < 1.29 is 14.3 Å². The molecule has 0 unspecified atom stereocenters. The smallest absolute Gasteiger partial charge is 0.326 e. The van der Waals surface area contributed by atoms with Gasteiger partial charge in [-0.1, -0.05) is 13.3 Å². The Morgan fingerprint density at radius 2 is 1.84 bits per heavy atom. The fourth-order valence-electron chi connectivity index (χ4n) is 3.06. The average molecular weight is 269 g/mol. The van der Waals surface area contributed by atoms with Gasteiger partial charge in [0.15, 0.2) is 0 Å². The molecule has 0 aromatic heterocycles. The van der Waals surface area contributed by atoms with E-state index in [2.05, 4.69) is 6.92 Å². The zero-order valence-corrected chi connectivity index (χ0v) is 12.0. The molecule has 0 spiro atoms. The molecule has 0 bridgehead atoms. The van der Waals surface area contributed by atoms with Crippen molar-refractivity contribution in [2.45, 2.75) is 57.4 Å². The molecule has 1 heterocycles. The summed E-state index contributed by atoms with van der Waals surface area (Å²) in [6.45, 7) is 4.29. The van der Waals surface area contributed by atoms with Crippen LogP contribution in [0.4, 0.5) is 0 Å². The number of rotatable bonds is 4. The SMILES string of the molecule is CCC1CCC(N)(C(=O)OCC2CCOCC2)CC1. The van der Waals surface area contributed by atoms with Gasteiger partial charge in [-0.25, -0.2) is 0 Å². The third-order valence-corrected chi connectivity index (χ3v) is 4.77. The van der Waals surface area contributed by atoms with Crippen LogP contribution in [-0.4, -0.2) is 31.3 Å². The molecule has 1 saturated carbocycles. The van der Waals surface area contributed by atoms with E-state index in [1.165, 1.54) is 6.42 Å². The van der Waals surface area contributed by atoms with E-state index in [-0.39, 0.29) is 5.97 Å². The monoisotopic (exact) mass is 269 g/mol. The number of nitrogens with two attached hydrogens (primary N) is 1. The minimum absolute atomic E-state index is 0.187. The maximum atomic E-state index is 12.2. The molecule has 110 valence electrons. The molecule has 0 aromatic rings. The lowest BCUT2D eigenvalue weighted by molar-refractivity contribution is -0.154. The quantitative estimate of drug-likeness (QED) is 0.795. The lowest BCUT2D eigenvalue weighted by atomic mass is 9.76. The minimum Gasteiger partial charge on any atom is -0.464 e. The first-order chi connectivity index (χ1) is 9.14. The molecule has 2 fully saturated rings. The molecule has 1 aliphatic carbocycles. The van der Waals surface area contributed by atoms with Crippen LogP contribution in [0.2, 0.25) is 0 Å². The molecular weight excluding hydrogens is 242 g/mol. The summed E-state index contributed by atoms with van der Waals surface area (Å²) < 4.78 is 10.8. The van der Waals surface area contributed by atoms with Crippen LogP contribution < -0.4 is 5.73 Å². The van der Waals surface area contributed by atoms with Crippen LogP contribution in [0.1, 0.15) is 51.9 Å². The molecule has 2 N–H and O–H groups in total. The second kappa shape index (κ2) is 6.71. The molecule has 2 rings (SSSR count). The summed E-state index contributed by atoms with van der Waals surface area (Å²) in [5.74, 6) is 1.00. The van der Waals surface area contributed by atoms with Crippen LogP contribution in [0, 0.1) is 11.8 Å². The van der Waals surface area contributed by atoms with Crippen LogP contribution >= 0.6 is 0 Å². The van der Waals surface area contributed by atoms with Crippen molar-refractivity contribution in [2.75, 3.05) is 19.8 Å². The topological polar surface area (TPSA) is 61.6 Å². The minimum atomic E-state index is -0.725.